The van der Waals surface area contributed by atoms with Crippen LogP contribution in [0.5, 0.6) is 5.75 Å². The fraction of sp³-hybridized carbons (Fsp3) is 0.471. The molecule has 1 aromatic carbocycles. The Morgan fingerprint density at radius 2 is 2.09 bits per heavy atom. The van der Waals surface area contributed by atoms with Gasteiger partial charge in [0, 0.05) is 37.7 Å². The molecule has 0 unspecified atom stereocenters. The molecule has 1 fully saturated rings. The van der Waals surface area contributed by atoms with Gasteiger partial charge in [0.15, 0.2) is 6.10 Å². The number of aryl methyl sites for hydroxylation is 1. The number of hydrogen-bond acceptors (Lipinski definition) is 3. The van der Waals surface area contributed by atoms with Crippen LogP contribution in [0.3, 0.4) is 0 Å². The van der Waals surface area contributed by atoms with Crippen LogP contribution in [0, 0.1) is 6.92 Å². The molecule has 1 aromatic rings. The van der Waals surface area contributed by atoms with Gasteiger partial charge in [0.2, 0.25) is 0 Å². The van der Waals surface area contributed by atoms with E-state index >= 15 is 0 Å². The summed E-state index contributed by atoms with van der Waals surface area (Å²) in [4.78, 5) is 16.6. The Morgan fingerprint density at radius 1 is 1.41 bits per heavy atom. The Hall–Kier alpha value is -1.52. The highest BCUT2D eigenvalue weighted by molar-refractivity contribution is 6.31. The summed E-state index contributed by atoms with van der Waals surface area (Å²) in [5, 5.41) is 0.699. The minimum absolute atomic E-state index is 0.0332. The number of carbonyl (C=O) groups is 1. The number of ether oxygens (including phenoxy) is 1. The van der Waals surface area contributed by atoms with Crippen molar-refractivity contribution in [2.45, 2.75) is 20.0 Å². The molecule has 22 heavy (non-hydrogen) atoms. The molecule has 0 spiro atoms. The molecule has 1 atom stereocenters. The molecular weight excluding hydrogens is 300 g/mol. The average Bonchev–Trinajstić information content (AvgIpc) is 2.51. The fourth-order valence-electron chi connectivity index (χ4n) is 2.54. The summed E-state index contributed by atoms with van der Waals surface area (Å²) in [6.45, 7) is 11.6. The van der Waals surface area contributed by atoms with E-state index < -0.39 is 6.10 Å². The maximum Gasteiger partial charge on any atom is 0.263 e. The van der Waals surface area contributed by atoms with E-state index in [1.165, 1.54) is 0 Å². The van der Waals surface area contributed by atoms with Crippen molar-refractivity contribution in [3.63, 3.8) is 0 Å². The van der Waals surface area contributed by atoms with Gasteiger partial charge >= 0.3 is 0 Å². The van der Waals surface area contributed by atoms with Crippen LogP contribution in [0.15, 0.2) is 30.9 Å². The molecule has 2 rings (SSSR count). The van der Waals surface area contributed by atoms with Crippen molar-refractivity contribution in [2.75, 3.05) is 32.7 Å². The number of rotatable bonds is 5. The summed E-state index contributed by atoms with van der Waals surface area (Å²) in [5.41, 5.74) is 0.942. The summed E-state index contributed by atoms with van der Waals surface area (Å²) >= 11 is 6.00. The van der Waals surface area contributed by atoms with Gasteiger partial charge in [0.1, 0.15) is 5.75 Å². The number of hydrogen-bond donors (Lipinski definition) is 0. The average molecular weight is 323 g/mol. The van der Waals surface area contributed by atoms with E-state index in [1.54, 1.807) is 19.1 Å². The van der Waals surface area contributed by atoms with Crippen molar-refractivity contribution in [1.29, 1.82) is 0 Å². The van der Waals surface area contributed by atoms with Crippen LogP contribution in [0.4, 0.5) is 0 Å². The van der Waals surface area contributed by atoms with Crippen molar-refractivity contribution in [3.05, 3.63) is 41.4 Å². The Bertz CT molecular complexity index is 539. The van der Waals surface area contributed by atoms with Crippen LogP contribution >= 0.6 is 11.6 Å². The zero-order valence-electron chi connectivity index (χ0n) is 13.2. The molecule has 0 radical (unpaired) electrons. The summed E-state index contributed by atoms with van der Waals surface area (Å²) in [6.07, 6.45) is 1.40. The monoisotopic (exact) mass is 322 g/mol. The molecule has 1 aliphatic rings. The first-order chi connectivity index (χ1) is 10.5. The van der Waals surface area contributed by atoms with Gasteiger partial charge in [-0.2, -0.15) is 0 Å². The van der Waals surface area contributed by atoms with E-state index in [1.807, 2.05) is 24.0 Å². The van der Waals surface area contributed by atoms with E-state index in [2.05, 4.69) is 11.5 Å². The van der Waals surface area contributed by atoms with Crippen LogP contribution in [-0.2, 0) is 4.79 Å². The molecule has 120 valence electrons. The Balaban J connectivity index is 1.89. The molecule has 1 saturated heterocycles. The van der Waals surface area contributed by atoms with Crippen LogP contribution < -0.4 is 4.74 Å². The van der Waals surface area contributed by atoms with Gasteiger partial charge < -0.3 is 9.64 Å². The highest BCUT2D eigenvalue weighted by Crippen LogP contribution is 2.22. The summed E-state index contributed by atoms with van der Waals surface area (Å²) < 4.78 is 5.76. The second kappa shape index (κ2) is 7.65. The fourth-order valence-corrected chi connectivity index (χ4v) is 2.65. The lowest BCUT2D eigenvalue weighted by Crippen LogP contribution is -2.51. The molecule has 0 aromatic heterocycles. The van der Waals surface area contributed by atoms with Crippen LogP contribution in [0.1, 0.15) is 12.5 Å². The highest BCUT2D eigenvalue weighted by atomic mass is 35.5. The van der Waals surface area contributed by atoms with Crippen molar-refractivity contribution in [1.82, 2.24) is 9.80 Å². The normalized spacial score (nSPS) is 17.1. The lowest BCUT2D eigenvalue weighted by atomic mass is 10.2. The highest BCUT2D eigenvalue weighted by Gasteiger charge is 2.25. The van der Waals surface area contributed by atoms with Gasteiger partial charge in [-0.15, -0.1) is 6.58 Å². The summed E-state index contributed by atoms with van der Waals surface area (Å²) in [5.74, 6) is 0.707. The smallest absolute Gasteiger partial charge is 0.263 e. The van der Waals surface area contributed by atoms with Crippen molar-refractivity contribution in [2.24, 2.45) is 0 Å². The predicted octanol–water partition coefficient (Wildman–Crippen LogP) is 2.75. The molecule has 4 nitrogen and oxygen atoms in total. The molecule has 1 aliphatic heterocycles. The Kier molecular flexibility index (Phi) is 5.86. The van der Waals surface area contributed by atoms with Gasteiger partial charge in [-0.1, -0.05) is 17.7 Å². The number of piperazine rings is 1. The lowest BCUT2D eigenvalue weighted by Gasteiger charge is -2.35. The van der Waals surface area contributed by atoms with Crippen LogP contribution in [0.25, 0.3) is 0 Å². The molecule has 0 aliphatic carbocycles. The Labute approximate surface area is 137 Å². The first kappa shape index (κ1) is 16.8. The first-order valence-corrected chi connectivity index (χ1v) is 7.94. The second-order valence-electron chi connectivity index (χ2n) is 5.59. The van der Waals surface area contributed by atoms with Gasteiger partial charge in [-0.05, 0) is 37.6 Å². The lowest BCUT2D eigenvalue weighted by molar-refractivity contribution is -0.139. The van der Waals surface area contributed by atoms with Crippen LogP contribution in [0.2, 0.25) is 5.02 Å². The molecular formula is C17H23ClN2O2. The van der Waals surface area contributed by atoms with E-state index in [0.717, 1.165) is 38.3 Å². The second-order valence-corrected chi connectivity index (χ2v) is 5.99. The Morgan fingerprint density at radius 3 is 2.68 bits per heavy atom. The molecule has 0 N–H and O–H groups in total. The largest absolute Gasteiger partial charge is 0.481 e. The zero-order valence-corrected chi connectivity index (χ0v) is 14.0. The standard InChI is InChI=1S/C17H23ClN2O2/c1-4-7-19-8-10-20(11-9-19)17(21)14(3)22-15-5-6-16(18)13(2)12-15/h4-6,12,14H,1,7-11H2,2-3H3/t14-/m0/s1. The van der Waals surface area contributed by atoms with Gasteiger partial charge in [-0.25, -0.2) is 0 Å². The number of benzene rings is 1. The van der Waals surface area contributed by atoms with Gasteiger partial charge in [0.05, 0.1) is 0 Å². The number of amides is 1. The third-order valence-corrected chi connectivity index (χ3v) is 4.29. The number of nitrogens with zero attached hydrogens (tertiary/aromatic N) is 2. The number of carbonyl (C=O) groups excluding carboxylic acids is 1. The maximum atomic E-state index is 12.5. The van der Waals surface area contributed by atoms with Gasteiger partial charge in [0.25, 0.3) is 5.91 Å². The molecule has 1 heterocycles. The predicted molar refractivity (Wildman–Crippen MR) is 89.5 cm³/mol. The number of halogens is 1. The van der Waals surface area contributed by atoms with E-state index in [-0.39, 0.29) is 5.91 Å². The van der Waals surface area contributed by atoms with E-state index in [4.69, 9.17) is 16.3 Å². The maximum absolute atomic E-state index is 12.5. The minimum Gasteiger partial charge on any atom is -0.481 e. The molecule has 1 amide bonds. The zero-order chi connectivity index (χ0) is 16.1. The quantitative estimate of drug-likeness (QED) is 0.781. The first-order valence-electron chi connectivity index (χ1n) is 7.56. The third-order valence-electron chi connectivity index (χ3n) is 3.86. The molecule has 0 bridgehead atoms. The summed E-state index contributed by atoms with van der Waals surface area (Å²) in [6, 6.07) is 5.44. The van der Waals surface area contributed by atoms with Crippen molar-refractivity contribution in [3.8, 4) is 5.75 Å². The van der Waals surface area contributed by atoms with Crippen molar-refractivity contribution < 1.29 is 9.53 Å². The van der Waals surface area contributed by atoms with Gasteiger partial charge in [-0.3, -0.25) is 9.69 Å². The topological polar surface area (TPSA) is 32.8 Å². The van der Waals surface area contributed by atoms with E-state index in [0.29, 0.717) is 10.8 Å². The summed E-state index contributed by atoms with van der Waals surface area (Å²) in [7, 11) is 0. The van der Waals surface area contributed by atoms with Crippen molar-refractivity contribution >= 4 is 17.5 Å². The minimum atomic E-state index is -0.494. The van der Waals surface area contributed by atoms with E-state index in [9.17, 15) is 4.79 Å². The molecule has 5 heteroatoms. The van der Waals surface area contributed by atoms with Crippen LogP contribution in [-0.4, -0.2) is 54.5 Å². The third kappa shape index (κ3) is 4.24. The molecule has 0 saturated carbocycles. The SMILES string of the molecule is C=CCN1CCN(C(=O)[C@H](C)Oc2ccc(Cl)c(C)c2)CC1.